The predicted molar refractivity (Wildman–Crippen MR) is 85.0 cm³/mol. The second-order valence-corrected chi connectivity index (χ2v) is 8.42. The van der Waals surface area contributed by atoms with Gasteiger partial charge >= 0.3 is 0 Å². The zero-order chi connectivity index (χ0) is 15.0. The summed E-state index contributed by atoms with van der Waals surface area (Å²) in [6, 6.07) is 1.31. The maximum atomic E-state index is 5.89. The van der Waals surface area contributed by atoms with Crippen molar-refractivity contribution in [3.63, 3.8) is 0 Å². The molecule has 2 aliphatic rings. The van der Waals surface area contributed by atoms with Gasteiger partial charge in [0, 0.05) is 25.2 Å². The molecule has 3 atom stereocenters. The molecule has 0 radical (unpaired) electrons. The molecule has 3 unspecified atom stereocenters. The smallest absolute Gasteiger partial charge is 0.0753 e. The van der Waals surface area contributed by atoms with Crippen LogP contribution < -0.4 is 5.32 Å². The number of hydrogen-bond donors (Lipinski definition) is 1. The molecule has 0 aromatic carbocycles. The third kappa shape index (κ3) is 3.75. The molecule has 0 amide bonds. The number of rotatable bonds is 2. The lowest BCUT2D eigenvalue weighted by molar-refractivity contribution is -0.108. The minimum absolute atomic E-state index is 0.00518. The number of likely N-dealkylation sites (N-methyl/N-ethyl adjacent to an activating group) is 1. The van der Waals surface area contributed by atoms with Crippen LogP contribution in [-0.4, -0.2) is 49.3 Å². The van der Waals surface area contributed by atoms with Gasteiger partial charge in [-0.1, -0.05) is 20.8 Å². The van der Waals surface area contributed by atoms with Crippen molar-refractivity contribution in [2.75, 3.05) is 26.7 Å². The lowest BCUT2D eigenvalue weighted by Gasteiger charge is -2.49. The van der Waals surface area contributed by atoms with E-state index in [0.717, 1.165) is 25.6 Å². The van der Waals surface area contributed by atoms with Gasteiger partial charge in [-0.25, -0.2) is 0 Å². The third-order valence-corrected chi connectivity index (χ3v) is 5.34. The van der Waals surface area contributed by atoms with Crippen molar-refractivity contribution in [1.29, 1.82) is 0 Å². The average molecular weight is 282 g/mol. The van der Waals surface area contributed by atoms with E-state index in [1.54, 1.807) is 0 Å². The fraction of sp³-hybridized carbons (Fsp3) is 1.00. The zero-order valence-electron chi connectivity index (χ0n) is 14.3. The summed E-state index contributed by atoms with van der Waals surface area (Å²) >= 11 is 0. The van der Waals surface area contributed by atoms with Gasteiger partial charge in [-0.3, -0.25) is 4.90 Å². The molecule has 0 aromatic rings. The minimum Gasteiger partial charge on any atom is -0.373 e. The molecule has 1 aliphatic heterocycles. The van der Waals surface area contributed by atoms with Crippen molar-refractivity contribution in [1.82, 2.24) is 10.2 Å². The highest BCUT2D eigenvalue weighted by atomic mass is 16.5. The summed E-state index contributed by atoms with van der Waals surface area (Å²) in [5.74, 6) is 0.836. The number of hydrogen-bond acceptors (Lipinski definition) is 3. The molecule has 3 nitrogen and oxygen atoms in total. The summed E-state index contributed by atoms with van der Waals surface area (Å²) in [6.45, 7) is 14.7. The Labute approximate surface area is 125 Å². The molecular weight excluding hydrogens is 248 g/mol. The highest BCUT2D eigenvalue weighted by Crippen LogP contribution is 2.40. The van der Waals surface area contributed by atoms with Gasteiger partial charge in [0.2, 0.25) is 0 Å². The Balaban J connectivity index is 2.09. The van der Waals surface area contributed by atoms with Gasteiger partial charge in [-0.05, 0) is 51.5 Å². The van der Waals surface area contributed by atoms with Gasteiger partial charge in [0.15, 0.2) is 0 Å². The van der Waals surface area contributed by atoms with Crippen LogP contribution in [0.1, 0.15) is 53.9 Å². The van der Waals surface area contributed by atoms with E-state index in [9.17, 15) is 0 Å². The largest absolute Gasteiger partial charge is 0.373 e. The molecule has 1 N–H and O–H groups in total. The van der Waals surface area contributed by atoms with Crippen molar-refractivity contribution < 1.29 is 4.74 Å². The van der Waals surface area contributed by atoms with Crippen molar-refractivity contribution in [2.24, 2.45) is 11.3 Å². The molecule has 0 spiro atoms. The van der Waals surface area contributed by atoms with E-state index in [0.29, 0.717) is 17.5 Å². The third-order valence-electron chi connectivity index (χ3n) is 5.34. The van der Waals surface area contributed by atoms with Crippen LogP contribution in [0, 0.1) is 11.3 Å². The Morgan fingerprint density at radius 1 is 1.20 bits per heavy atom. The SMILES string of the molecule is CNC1CCC(C(C)(C)C)CC1N1CCOC(C)(C)C1. The van der Waals surface area contributed by atoms with Crippen molar-refractivity contribution in [2.45, 2.75) is 71.6 Å². The first-order valence-corrected chi connectivity index (χ1v) is 8.28. The van der Waals surface area contributed by atoms with Crippen molar-refractivity contribution >= 4 is 0 Å². The number of morpholine rings is 1. The van der Waals surface area contributed by atoms with Gasteiger partial charge in [0.25, 0.3) is 0 Å². The standard InChI is InChI=1S/C17H34N2O/c1-16(2,3)13-7-8-14(18-6)15(11-13)19-9-10-20-17(4,5)12-19/h13-15,18H,7-12H2,1-6H3. The maximum Gasteiger partial charge on any atom is 0.0753 e. The molecule has 20 heavy (non-hydrogen) atoms. The summed E-state index contributed by atoms with van der Waals surface area (Å²) in [7, 11) is 2.13. The molecule has 1 heterocycles. The molecule has 0 aromatic heterocycles. The summed E-state index contributed by atoms with van der Waals surface area (Å²) in [4.78, 5) is 2.68. The Morgan fingerprint density at radius 2 is 1.90 bits per heavy atom. The van der Waals surface area contributed by atoms with E-state index in [-0.39, 0.29) is 5.60 Å². The topological polar surface area (TPSA) is 24.5 Å². The zero-order valence-corrected chi connectivity index (χ0v) is 14.3. The molecule has 3 heteroatoms. The first-order chi connectivity index (χ1) is 9.23. The van der Waals surface area contributed by atoms with Crippen LogP contribution in [0.15, 0.2) is 0 Å². The van der Waals surface area contributed by atoms with Gasteiger partial charge in [0.05, 0.1) is 12.2 Å². The number of nitrogens with zero attached hydrogens (tertiary/aromatic N) is 1. The van der Waals surface area contributed by atoms with Gasteiger partial charge in [-0.15, -0.1) is 0 Å². The lowest BCUT2D eigenvalue weighted by Crippen LogP contribution is -2.59. The molecule has 2 fully saturated rings. The van der Waals surface area contributed by atoms with Crippen LogP contribution in [0.4, 0.5) is 0 Å². The van der Waals surface area contributed by atoms with Crippen LogP contribution in [0.3, 0.4) is 0 Å². The van der Waals surface area contributed by atoms with Crippen LogP contribution in [-0.2, 0) is 4.74 Å². The first kappa shape index (κ1) is 16.3. The molecule has 2 rings (SSSR count). The fourth-order valence-electron chi connectivity index (χ4n) is 4.01. The van der Waals surface area contributed by atoms with Crippen molar-refractivity contribution in [3.05, 3.63) is 0 Å². The van der Waals surface area contributed by atoms with E-state index in [4.69, 9.17) is 4.74 Å². The van der Waals surface area contributed by atoms with E-state index in [2.05, 4.69) is 51.9 Å². The highest BCUT2D eigenvalue weighted by Gasteiger charge is 2.40. The second-order valence-electron chi connectivity index (χ2n) is 8.42. The van der Waals surface area contributed by atoms with E-state index >= 15 is 0 Å². The van der Waals surface area contributed by atoms with Gasteiger partial charge < -0.3 is 10.1 Å². The Morgan fingerprint density at radius 3 is 2.45 bits per heavy atom. The molecule has 1 saturated carbocycles. The number of ether oxygens (including phenoxy) is 1. The molecule has 1 aliphatic carbocycles. The Hall–Kier alpha value is -0.120. The Kier molecular flexibility index (Phi) is 4.83. The molecule has 0 bridgehead atoms. The predicted octanol–water partition coefficient (Wildman–Crippen LogP) is 2.90. The van der Waals surface area contributed by atoms with Crippen LogP contribution >= 0.6 is 0 Å². The highest BCUT2D eigenvalue weighted by molar-refractivity contribution is 4.96. The summed E-state index contributed by atoms with van der Waals surface area (Å²) in [5, 5.41) is 3.57. The first-order valence-electron chi connectivity index (χ1n) is 8.28. The van der Waals surface area contributed by atoms with Crippen LogP contribution in [0.5, 0.6) is 0 Å². The monoisotopic (exact) mass is 282 g/mol. The summed E-state index contributed by atoms with van der Waals surface area (Å²) in [5.41, 5.74) is 0.435. The quantitative estimate of drug-likeness (QED) is 0.843. The fourth-order valence-corrected chi connectivity index (χ4v) is 4.01. The van der Waals surface area contributed by atoms with E-state index in [1.165, 1.54) is 19.3 Å². The van der Waals surface area contributed by atoms with Gasteiger partial charge in [0.1, 0.15) is 0 Å². The maximum absolute atomic E-state index is 5.89. The average Bonchev–Trinajstić information content (AvgIpc) is 2.35. The summed E-state index contributed by atoms with van der Waals surface area (Å²) < 4.78 is 5.89. The Bertz CT molecular complexity index is 318. The molecular formula is C17H34N2O. The van der Waals surface area contributed by atoms with Crippen LogP contribution in [0.2, 0.25) is 0 Å². The lowest BCUT2D eigenvalue weighted by atomic mass is 9.69. The normalized spacial score (nSPS) is 36.0. The van der Waals surface area contributed by atoms with Crippen molar-refractivity contribution in [3.8, 4) is 0 Å². The van der Waals surface area contributed by atoms with E-state index in [1.807, 2.05) is 0 Å². The molecule has 118 valence electrons. The van der Waals surface area contributed by atoms with Crippen LogP contribution in [0.25, 0.3) is 0 Å². The summed E-state index contributed by atoms with van der Waals surface area (Å²) in [6.07, 6.45) is 3.99. The van der Waals surface area contributed by atoms with E-state index < -0.39 is 0 Å². The number of nitrogens with one attached hydrogen (secondary N) is 1. The molecule has 1 saturated heterocycles. The van der Waals surface area contributed by atoms with Gasteiger partial charge in [-0.2, -0.15) is 0 Å². The minimum atomic E-state index is 0.00518. The second kappa shape index (κ2) is 5.94.